The summed E-state index contributed by atoms with van der Waals surface area (Å²) in [5, 5.41) is 0.162. The van der Waals surface area contributed by atoms with Gasteiger partial charge in [0.2, 0.25) is 0 Å². The molecule has 2 aromatic carbocycles. The molecule has 0 bridgehead atoms. The van der Waals surface area contributed by atoms with Gasteiger partial charge in [-0.15, -0.1) is 0 Å². The first-order chi connectivity index (χ1) is 11.0. The fourth-order valence-corrected chi connectivity index (χ4v) is 3.16. The van der Waals surface area contributed by atoms with Crippen molar-refractivity contribution in [2.45, 2.75) is 6.54 Å². The van der Waals surface area contributed by atoms with Crippen LogP contribution < -0.4 is 0 Å². The van der Waals surface area contributed by atoms with Crippen LogP contribution in [0.25, 0.3) is 6.08 Å². The number of hydrogen-bond donors (Lipinski definition) is 0. The first kappa shape index (κ1) is 15.8. The van der Waals surface area contributed by atoms with Crippen LogP contribution in [-0.4, -0.2) is 16.0 Å². The summed E-state index contributed by atoms with van der Waals surface area (Å²) in [4.78, 5) is 25.9. The number of halogens is 2. The van der Waals surface area contributed by atoms with Crippen LogP contribution in [0.15, 0.2) is 53.4 Å². The monoisotopic (exact) mass is 347 g/mol. The van der Waals surface area contributed by atoms with E-state index in [0.29, 0.717) is 21.1 Å². The number of rotatable bonds is 3. The molecule has 1 saturated heterocycles. The minimum atomic E-state index is -0.371. The number of nitrogens with zero attached hydrogens (tertiary/aromatic N) is 1. The summed E-state index contributed by atoms with van der Waals surface area (Å²) >= 11 is 6.94. The van der Waals surface area contributed by atoms with Crippen molar-refractivity contribution in [2.24, 2.45) is 0 Å². The number of thioether (sulfide) groups is 1. The van der Waals surface area contributed by atoms with Gasteiger partial charge in [-0.05, 0) is 47.2 Å². The number of imide groups is 1. The summed E-state index contributed by atoms with van der Waals surface area (Å²) in [6.07, 6.45) is 1.61. The Bertz CT molecular complexity index is 804. The van der Waals surface area contributed by atoms with Gasteiger partial charge >= 0.3 is 0 Å². The van der Waals surface area contributed by atoms with Crippen molar-refractivity contribution in [2.75, 3.05) is 0 Å². The molecule has 0 aromatic heterocycles. The van der Waals surface area contributed by atoms with Gasteiger partial charge < -0.3 is 0 Å². The molecule has 116 valence electrons. The van der Waals surface area contributed by atoms with Crippen LogP contribution in [0.2, 0.25) is 5.02 Å². The van der Waals surface area contributed by atoms with Gasteiger partial charge in [0.25, 0.3) is 11.1 Å². The maximum atomic E-state index is 12.9. The molecular formula is C17H11ClFNO2S. The van der Waals surface area contributed by atoms with E-state index in [1.807, 2.05) is 0 Å². The lowest BCUT2D eigenvalue weighted by Crippen LogP contribution is -2.27. The molecule has 0 atom stereocenters. The Balaban J connectivity index is 1.82. The third-order valence-corrected chi connectivity index (χ3v) is 4.57. The molecule has 1 heterocycles. The molecule has 2 amide bonds. The van der Waals surface area contributed by atoms with E-state index in [4.69, 9.17) is 11.6 Å². The first-order valence-electron chi connectivity index (χ1n) is 6.79. The van der Waals surface area contributed by atoms with Crippen LogP contribution in [0.3, 0.4) is 0 Å². The maximum absolute atomic E-state index is 12.9. The second-order valence-electron chi connectivity index (χ2n) is 4.92. The highest BCUT2D eigenvalue weighted by Gasteiger charge is 2.35. The SMILES string of the molecule is O=C1S/C(=C\c2ccccc2Cl)C(=O)N1Cc1ccc(F)cc1. The van der Waals surface area contributed by atoms with E-state index in [1.165, 1.54) is 12.1 Å². The van der Waals surface area contributed by atoms with Crippen molar-refractivity contribution >= 4 is 40.6 Å². The highest BCUT2D eigenvalue weighted by molar-refractivity contribution is 8.18. The second kappa shape index (κ2) is 6.56. The second-order valence-corrected chi connectivity index (χ2v) is 6.32. The number of hydrogen-bond acceptors (Lipinski definition) is 3. The van der Waals surface area contributed by atoms with E-state index in [1.54, 1.807) is 42.5 Å². The van der Waals surface area contributed by atoms with Gasteiger partial charge in [0, 0.05) is 5.02 Å². The van der Waals surface area contributed by atoms with Gasteiger partial charge in [0.15, 0.2) is 0 Å². The third-order valence-electron chi connectivity index (χ3n) is 3.32. The van der Waals surface area contributed by atoms with Gasteiger partial charge in [-0.25, -0.2) is 4.39 Å². The van der Waals surface area contributed by atoms with Crippen LogP contribution in [-0.2, 0) is 11.3 Å². The van der Waals surface area contributed by atoms with E-state index < -0.39 is 0 Å². The number of carbonyl (C=O) groups excluding carboxylic acids is 2. The predicted molar refractivity (Wildman–Crippen MR) is 89.4 cm³/mol. The smallest absolute Gasteiger partial charge is 0.268 e. The number of benzene rings is 2. The van der Waals surface area contributed by atoms with Crippen LogP contribution >= 0.6 is 23.4 Å². The molecular weight excluding hydrogens is 337 g/mol. The largest absolute Gasteiger partial charge is 0.293 e. The third kappa shape index (κ3) is 3.46. The molecule has 3 nitrogen and oxygen atoms in total. The maximum Gasteiger partial charge on any atom is 0.293 e. The van der Waals surface area contributed by atoms with E-state index >= 15 is 0 Å². The standard InChI is InChI=1S/C17H11ClFNO2S/c18-14-4-2-1-3-12(14)9-15-16(21)20(17(22)23-15)10-11-5-7-13(19)8-6-11/h1-9H,10H2/b15-9-. The van der Waals surface area contributed by atoms with Crippen LogP contribution in [0.4, 0.5) is 9.18 Å². The summed E-state index contributed by atoms with van der Waals surface area (Å²) in [6.45, 7) is 0.116. The Morgan fingerprint density at radius 3 is 2.48 bits per heavy atom. The predicted octanol–water partition coefficient (Wildman–Crippen LogP) is 4.72. The van der Waals surface area contributed by atoms with Gasteiger partial charge in [0.1, 0.15) is 5.82 Å². The Morgan fingerprint density at radius 1 is 1.09 bits per heavy atom. The molecule has 2 aromatic rings. The Morgan fingerprint density at radius 2 is 1.78 bits per heavy atom. The van der Waals surface area contributed by atoms with Crippen LogP contribution in [0.5, 0.6) is 0 Å². The lowest BCUT2D eigenvalue weighted by molar-refractivity contribution is -0.123. The Kier molecular flexibility index (Phi) is 4.50. The van der Waals surface area contributed by atoms with Crippen LogP contribution in [0, 0.1) is 5.82 Å². The van der Waals surface area contributed by atoms with Crippen molar-refractivity contribution in [3.63, 3.8) is 0 Å². The molecule has 1 aliphatic rings. The minimum absolute atomic E-state index is 0.116. The van der Waals surface area contributed by atoms with Crippen molar-refractivity contribution in [1.29, 1.82) is 0 Å². The minimum Gasteiger partial charge on any atom is -0.268 e. The summed E-state index contributed by atoms with van der Waals surface area (Å²) < 4.78 is 12.9. The molecule has 0 unspecified atom stereocenters. The zero-order valence-corrected chi connectivity index (χ0v) is 13.4. The van der Waals surface area contributed by atoms with Crippen LogP contribution in [0.1, 0.15) is 11.1 Å². The summed E-state index contributed by atoms with van der Waals surface area (Å²) in [6, 6.07) is 12.8. The van der Waals surface area contributed by atoms with Gasteiger partial charge in [0.05, 0.1) is 11.4 Å². The van der Waals surface area contributed by atoms with Gasteiger partial charge in [-0.3, -0.25) is 14.5 Å². The molecule has 0 aliphatic carbocycles. The lowest BCUT2D eigenvalue weighted by atomic mass is 10.2. The molecule has 0 spiro atoms. The fraction of sp³-hybridized carbons (Fsp3) is 0.0588. The Labute approximate surface area is 141 Å². The number of amides is 2. The molecule has 1 fully saturated rings. The molecule has 0 saturated carbocycles. The normalized spacial score (nSPS) is 16.4. The topological polar surface area (TPSA) is 37.4 Å². The molecule has 23 heavy (non-hydrogen) atoms. The molecule has 6 heteroatoms. The highest BCUT2D eigenvalue weighted by atomic mass is 35.5. The lowest BCUT2D eigenvalue weighted by Gasteiger charge is -2.12. The zero-order chi connectivity index (χ0) is 16.4. The van der Waals surface area contributed by atoms with E-state index in [2.05, 4.69) is 0 Å². The quantitative estimate of drug-likeness (QED) is 0.754. The first-order valence-corrected chi connectivity index (χ1v) is 7.98. The van der Waals surface area contributed by atoms with Gasteiger partial charge in [-0.1, -0.05) is 41.9 Å². The highest BCUT2D eigenvalue weighted by Crippen LogP contribution is 2.34. The number of carbonyl (C=O) groups is 2. The Hall–Kier alpha value is -2.11. The van der Waals surface area contributed by atoms with E-state index in [9.17, 15) is 14.0 Å². The van der Waals surface area contributed by atoms with E-state index in [0.717, 1.165) is 16.7 Å². The van der Waals surface area contributed by atoms with Crippen molar-refractivity contribution < 1.29 is 14.0 Å². The summed E-state index contributed by atoms with van der Waals surface area (Å²) in [5.74, 6) is -0.731. The average Bonchev–Trinajstić information content (AvgIpc) is 2.79. The van der Waals surface area contributed by atoms with Crippen molar-refractivity contribution in [1.82, 2.24) is 4.90 Å². The molecule has 1 aliphatic heterocycles. The molecule has 0 N–H and O–H groups in total. The molecule has 0 radical (unpaired) electrons. The van der Waals surface area contributed by atoms with E-state index in [-0.39, 0.29) is 23.5 Å². The zero-order valence-electron chi connectivity index (χ0n) is 11.8. The fourth-order valence-electron chi connectivity index (χ4n) is 2.14. The summed E-state index contributed by atoms with van der Waals surface area (Å²) in [7, 11) is 0. The average molecular weight is 348 g/mol. The van der Waals surface area contributed by atoms with Crippen molar-refractivity contribution in [3.8, 4) is 0 Å². The van der Waals surface area contributed by atoms with Gasteiger partial charge in [-0.2, -0.15) is 0 Å². The van der Waals surface area contributed by atoms with Crippen molar-refractivity contribution in [3.05, 3.63) is 75.4 Å². The summed E-state index contributed by atoms with van der Waals surface area (Å²) in [5.41, 5.74) is 1.37. The molecule has 3 rings (SSSR count).